The molecule has 0 radical (unpaired) electrons. The molecule has 1 unspecified atom stereocenters. The third-order valence-corrected chi connectivity index (χ3v) is 2.38. The summed E-state index contributed by atoms with van der Waals surface area (Å²) in [5.41, 5.74) is 0. The monoisotopic (exact) mass is 229 g/mol. The zero-order chi connectivity index (χ0) is 12.6. The van der Waals surface area contributed by atoms with Crippen molar-refractivity contribution in [2.45, 2.75) is 32.7 Å². The number of nitrogens with one attached hydrogen (secondary N) is 2. The molecule has 2 amide bonds. The van der Waals surface area contributed by atoms with E-state index in [-0.39, 0.29) is 11.8 Å². The van der Waals surface area contributed by atoms with Gasteiger partial charge in [0.15, 0.2) is 0 Å². The molecule has 0 aliphatic rings. The molecule has 0 saturated carbocycles. The van der Waals surface area contributed by atoms with Gasteiger partial charge >= 0.3 is 0 Å². The fourth-order valence-electron chi connectivity index (χ4n) is 1.01. The van der Waals surface area contributed by atoms with Gasteiger partial charge in [-0.3, -0.25) is 9.59 Å². The maximum absolute atomic E-state index is 11.3. The molecule has 1 atom stereocenters. The van der Waals surface area contributed by atoms with Gasteiger partial charge in [-0.2, -0.15) is 0 Å². The highest BCUT2D eigenvalue weighted by molar-refractivity contribution is 5.79. The molecule has 0 saturated heterocycles. The molecule has 0 aromatic carbocycles. The minimum Gasteiger partial charge on any atom is -0.354 e. The van der Waals surface area contributed by atoms with Crippen molar-refractivity contribution in [1.29, 1.82) is 0 Å². The van der Waals surface area contributed by atoms with Crippen LogP contribution in [0.5, 0.6) is 0 Å². The Hall–Kier alpha value is -1.10. The highest BCUT2D eigenvalue weighted by atomic mass is 16.2. The smallest absolute Gasteiger partial charge is 0.233 e. The van der Waals surface area contributed by atoms with Crippen molar-refractivity contribution >= 4 is 11.8 Å². The SMILES string of the molecule is CCC(C)NCC(=O)NCCC(=O)N(C)C. The zero-order valence-electron chi connectivity index (χ0n) is 10.7. The van der Waals surface area contributed by atoms with E-state index in [1.165, 1.54) is 4.90 Å². The molecule has 0 aliphatic carbocycles. The summed E-state index contributed by atoms with van der Waals surface area (Å²) >= 11 is 0. The Labute approximate surface area is 97.6 Å². The summed E-state index contributed by atoms with van der Waals surface area (Å²) in [6.07, 6.45) is 1.34. The summed E-state index contributed by atoms with van der Waals surface area (Å²) in [5, 5.41) is 5.78. The van der Waals surface area contributed by atoms with Crippen LogP contribution in [0.25, 0.3) is 0 Å². The van der Waals surface area contributed by atoms with Crippen LogP contribution >= 0.6 is 0 Å². The van der Waals surface area contributed by atoms with Crippen LogP contribution in [0.3, 0.4) is 0 Å². The van der Waals surface area contributed by atoms with Gasteiger partial charge in [0, 0.05) is 33.1 Å². The van der Waals surface area contributed by atoms with Crippen molar-refractivity contribution in [3.63, 3.8) is 0 Å². The van der Waals surface area contributed by atoms with E-state index in [9.17, 15) is 9.59 Å². The lowest BCUT2D eigenvalue weighted by Crippen LogP contribution is -2.39. The first-order valence-corrected chi connectivity index (χ1v) is 5.67. The fraction of sp³-hybridized carbons (Fsp3) is 0.818. The Morgan fingerprint density at radius 3 is 2.44 bits per heavy atom. The topological polar surface area (TPSA) is 61.4 Å². The number of hydrogen-bond acceptors (Lipinski definition) is 3. The van der Waals surface area contributed by atoms with Crippen LogP contribution in [0.1, 0.15) is 26.7 Å². The molecule has 16 heavy (non-hydrogen) atoms. The van der Waals surface area contributed by atoms with Gasteiger partial charge in [0.25, 0.3) is 0 Å². The van der Waals surface area contributed by atoms with Crippen molar-refractivity contribution in [2.75, 3.05) is 27.2 Å². The van der Waals surface area contributed by atoms with Crippen molar-refractivity contribution in [3.05, 3.63) is 0 Å². The third kappa shape index (κ3) is 7.23. The molecular weight excluding hydrogens is 206 g/mol. The molecule has 0 aliphatic heterocycles. The highest BCUT2D eigenvalue weighted by Gasteiger charge is 2.06. The lowest BCUT2D eigenvalue weighted by atomic mass is 10.2. The fourth-order valence-corrected chi connectivity index (χ4v) is 1.01. The molecule has 0 aromatic rings. The van der Waals surface area contributed by atoms with Crippen molar-refractivity contribution in [1.82, 2.24) is 15.5 Å². The molecule has 0 fully saturated rings. The predicted octanol–water partition coefficient (Wildman–Crippen LogP) is -0.0310. The summed E-state index contributed by atoms with van der Waals surface area (Å²) in [4.78, 5) is 24.0. The number of nitrogens with zero attached hydrogens (tertiary/aromatic N) is 1. The second-order valence-electron chi connectivity index (χ2n) is 4.08. The summed E-state index contributed by atoms with van der Waals surface area (Å²) in [7, 11) is 3.41. The Balaban J connectivity index is 3.55. The van der Waals surface area contributed by atoms with E-state index in [0.717, 1.165) is 6.42 Å². The molecule has 0 heterocycles. The van der Waals surface area contributed by atoms with E-state index in [2.05, 4.69) is 17.6 Å². The van der Waals surface area contributed by atoms with Crippen molar-refractivity contribution in [3.8, 4) is 0 Å². The molecular formula is C11H23N3O2. The van der Waals surface area contributed by atoms with Crippen LogP contribution < -0.4 is 10.6 Å². The number of amides is 2. The number of carbonyl (C=O) groups is 2. The van der Waals surface area contributed by atoms with Crippen molar-refractivity contribution < 1.29 is 9.59 Å². The Morgan fingerprint density at radius 2 is 1.94 bits per heavy atom. The summed E-state index contributed by atoms with van der Waals surface area (Å²) < 4.78 is 0. The average molecular weight is 229 g/mol. The molecule has 5 nitrogen and oxygen atoms in total. The Bertz CT molecular complexity index is 229. The van der Waals surface area contributed by atoms with E-state index < -0.39 is 0 Å². The van der Waals surface area contributed by atoms with Gasteiger partial charge in [-0.15, -0.1) is 0 Å². The number of carbonyl (C=O) groups excluding carboxylic acids is 2. The summed E-state index contributed by atoms with van der Waals surface area (Å²) in [6, 6.07) is 0.342. The van der Waals surface area contributed by atoms with E-state index >= 15 is 0 Å². The van der Waals surface area contributed by atoms with E-state index in [1.54, 1.807) is 14.1 Å². The molecule has 0 rings (SSSR count). The quantitative estimate of drug-likeness (QED) is 0.644. The number of hydrogen-bond donors (Lipinski definition) is 2. The van der Waals surface area contributed by atoms with Gasteiger partial charge in [-0.25, -0.2) is 0 Å². The third-order valence-electron chi connectivity index (χ3n) is 2.38. The lowest BCUT2D eigenvalue weighted by Gasteiger charge is -2.12. The highest BCUT2D eigenvalue weighted by Crippen LogP contribution is 1.87. The van der Waals surface area contributed by atoms with Crippen LogP contribution in [-0.4, -0.2) is 49.9 Å². The first-order valence-electron chi connectivity index (χ1n) is 5.67. The van der Waals surface area contributed by atoms with Gasteiger partial charge in [0.2, 0.25) is 11.8 Å². The van der Waals surface area contributed by atoms with E-state index in [0.29, 0.717) is 25.6 Å². The largest absolute Gasteiger partial charge is 0.354 e. The molecule has 2 N–H and O–H groups in total. The van der Waals surface area contributed by atoms with Crippen LogP contribution in [0.15, 0.2) is 0 Å². The molecule has 0 aromatic heterocycles. The minimum absolute atomic E-state index is 0.0233. The molecule has 0 spiro atoms. The van der Waals surface area contributed by atoms with Crippen LogP contribution in [0.4, 0.5) is 0 Å². The van der Waals surface area contributed by atoms with Crippen molar-refractivity contribution in [2.24, 2.45) is 0 Å². The first kappa shape index (κ1) is 14.9. The molecule has 0 bridgehead atoms. The van der Waals surface area contributed by atoms with Gasteiger partial charge in [-0.1, -0.05) is 6.92 Å². The zero-order valence-corrected chi connectivity index (χ0v) is 10.7. The maximum atomic E-state index is 11.3. The standard InChI is InChI=1S/C11H23N3O2/c1-5-9(2)13-8-10(15)12-7-6-11(16)14(3)4/h9,13H,5-8H2,1-4H3,(H,12,15). The summed E-state index contributed by atoms with van der Waals surface area (Å²) in [5.74, 6) is -0.0398. The van der Waals surface area contributed by atoms with E-state index in [1.807, 2.05) is 6.92 Å². The van der Waals surface area contributed by atoms with Crippen LogP contribution in [0, 0.1) is 0 Å². The Morgan fingerprint density at radius 1 is 1.31 bits per heavy atom. The molecule has 94 valence electrons. The second-order valence-corrected chi connectivity index (χ2v) is 4.08. The Kier molecular flexibility index (Phi) is 7.54. The molecule has 5 heteroatoms. The average Bonchev–Trinajstić information content (AvgIpc) is 2.25. The van der Waals surface area contributed by atoms with Gasteiger partial charge in [0.1, 0.15) is 0 Å². The van der Waals surface area contributed by atoms with E-state index in [4.69, 9.17) is 0 Å². The second kappa shape index (κ2) is 8.10. The lowest BCUT2D eigenvalue weighted by molar-refractivity contribution is -0.128. The van der Waals surface area contributed by atoms with Crippen LogP contribution in [-0.2, 0) is 9.59 Å². The van der Waals surface area contributed by atoms with Gasteiger partial charge in [-0.05, 0) is 13.3 Å². The normalized spacial score (nSPS) is 12.0. The predicted molar refractivity (Wildman–Crippen MR) is 64.1 cm³/mol. The first-order chi connectivity index (χ1) is 7.47. The number of rotatable bonds is 7. The maximum Gasteiger partial charge on any atom is 0.233 e. The van der Waals surface area contributed by atoms with Crippen LogP contribution in [0.2, 0.25) is 0 Å². The van der Waals surface area contributed by atoms with Gasteiger partial charge in [0.05, 0.1) is 6.54 Å². The van der Waals surface area contributed by atoms with Gasteiger partial charge < -0.3 is 15.5 Å². The minimum atomic E-state index is -0.0631. The summed E-state index contributed by atoms with van der Waals surface area (Å²) in [6.45, 7) is 4.80.